The minimum absolute atomic E-state index is 0. The first-order chi connectivity index (χ1) is 9.57. The Morgan fingerprint density at radius 2 is 1.32 bits per heavy atom. The van der Waals surface area contributed by atoms with Gasteiger partial charge < -0.3 is 16.6 Å². The number of carboxylic acid groups (broad SMARTS) is 1. The van der Waals surface area contributed by atoms with Crippen molar-refractivity contribution in [2.45, 2.75) is 86.2 Å². The number of carboxylic acids is 1. The van der Waals surface area contributed by atoms with Crippen LogP contribution in [0.3, 0.4) is 0 Å². The molecule has 0 heterocycles. The highest BCUT2D eigenvalue weighted by molar-refractivity contribution is 5.81. The van der Waals surface area contributed by atoms with Crippen molar-refractivity contribution in [2.24, 2.45) is 23.3 Å². The van der Waals surface area contributed by atoms with E-state index in [1.807, 2.05) is 0 Å². The molecule has 0 unspecified atom stereocenters. The molecule has 0 saturated carbocycles. The molecule has 5 N–H and O–H groups in total. The summed E-state index contributed by atoms with van der Waals surface area (Å²) < 4.78 is 0. The van der Waals surface area contributed by atoms with E-state index in [4.69, 9.17) is 16.6 Å². The maximum absolute atomic E-state index is 10.7. The van der Waals surface area contributed by atoms with Crippen molar-refractivity contribution >= 4 is 11.8 Å². The highest BCUT2D eigenvalue weighted by Crippen LogP contribution is 2.07. The summed E-state index contributed by atoms with van der Waals surface area (Å²) in [7, 11) is 0. The molecule has 0 rings (SSSR count). The summed E-state index contributed by atoms with van der Waals surface area (Å²) in [5.41, 5.74) is 10.8. The van der Waals surface area contributed by atoms with Crippen molar-refractivity contribution in [3.8, 4) is 0 Å². The van der Waals surface area contributed by atoms with Gasteiger partial charge in [-0.05, 0) is 38.0 Å². The second-order valence-electron chi connectivity index (χ2n) is 6.46. The number of hydrogen-bond donors (Lipinski definition) is 3. The Kier molecular flexibility index (Phi) is 17.7. The summed E-state index contributed by atoms with van der Waals surface area (Å²) in [5.74, 6) is 0.453. The van der Waals surface area contributed by atoms with Gasteiger partial charge in [0.2, 0.25) is 0 Å². The lowest BCUT2D eigenvalue weighted by Crippen LogP contribution is -2.30. The largest absolute Gasteiger partial charge is 0.480 e. The first-order valence-electron chi connectivity index (χ1n) is 7.82. The van der Waals surface area contributed by atoms with Gasteiger partial charge in [-0.1, -0.05) is 48.0 Å². The molecule has 0 amide bonds. The summed E-state index contributed by atoms with van der Waals surface area (Å²) >= 11 is 0. The monoisotopic (exact) mass is 318 g/mol. The van der Waals surface area contributed by atoms with Crippen LogP contribution < -0.4 is 11.5 Å². The van der Waals surface area contributed by atoms with Gasteiger partial charge in [-0.3, -0.25) is 9.59 Å². The van der Waals surface area contributed by atoms with Gasteiger partial charge in [0.15, 0.2) is 0 Å². The molecule has 0 aromatic heterocycles. The minimum Gasteiger partial charge on any atom is -0.480 e. The van der Waals surface area contributed by atoms with Gasteiger partial charge >= 0.3 is 5.97 Å². The zero-order valence-corrected chi connectivity index (χ0v) is 14.3. The fourth-order valence-electron chi connectivity index (χ4n) is 1.59. The van der Waals surface area contributed by atoms with Crippen LogP contribution in [0.2, 0.25) is 0 Å². The quantitative estimate of drug-likeness (QED) is 0.605. The van der Waals surface area contributed by atoms with E-state index in [1.54, 1.807) is 6.92 Å². The van der Waals surface area contributed by atoms with E-state index < -0.39 is 12.0 Å². The summed E-state index contributed by atoms with van der Waals surface area (Å²) in [6, 6.07) is -0.906. The van der Waals surface area contributed by atoms with Crippen molar-refractivity contribution < 1.29 is 14.7 Å². The molecule has 0 bridgehead atoms. The maximum atomic E-state index is 10.7. The highest BCUT2D eigenvalue weighted by atomic mass is 16.4. The fraction of sp³-hybridized carbons (Fsp3) is 0.882. The lowest BCUT2D eigenvalue weighted by atomic mass is 10.0. The predicted octanol–water partition coefficient (Wildman–Crippen LogP) is 3.20. The van der Waals surface area contributed by atoms with Gasteiger partial charge in [0.25, 0.3) is 0 Å². The summed E-state index contributed by atoms with van der Waals surface area (Å²) in [6.45, 7) is 10.0. The van der Waals surface area contributed by atoms with Crippen molar-refractivity contribution in [1.82, 2.24) is 0 Å². The van der Waals surface area contributed by atoms with Crippen LogP contribution in [0.5, 0.6) is 0 Å². The number of Topliss-reactive ketones (excluding diaryl/α,β-unsaturated/α-hetero) is 1. The fourth-order valence-corrected chi connectivity index (χ4v) is 1.59. The average Bonchev–Trinajstić information content (AvgIpc) is 2.35. The van der Waals surface area contributed by atoms with Crippen molar-refractivity contribution in [2.75, 3.05) is 0 Å². The third kappa shape index (κ3) is 19.1. The number of hydrogen-bond acceptors (Lipinski definition) is 4. The van der Waals surface area contributed by atoms with Crippen LogP contribution in [-0.2, 0) is 9.59 Å². The highest BCUT2D eigenvalue weighted by Gasteiger charge is 2.10. The third-order valence-electron chi connectivity index (χ3n) is 3.19. The van der Waals surface area contributed by atoms with Gasteiger partial charge in [0, 0.05) is 0 Å². The Morgan fingerprint density at radius 3 is 1.64 bits per heavy atom. The molecule has 134 valence electrons. The van der Waals surface area contributed by atoms with Crippen LogP contribution in [0, 0.1) is 11.8 Å². The number of carbonyl (C=O) groups excluding carboxylic acids is 1. The number of carbonyl (C=O) groups is 2. The molecule has 0 fully saturated rings. The topological polar surface area (TPSA) is 106 Å². The van der Waals surface area contributed by atoms with Crippen LogP contribution >= 0.6 is 0 Å². The second-order valence-corrected chi connectivity index (χ2v) is 6.46. The smallest absolute Gasteiger partial charge is 0.320 e. The van der Waals surface area contributed by atoms with Gasteiger partial charge in [-0.25, -0.2) is 0 Å². The molecular weight excluding hydrogens is 280 g/mol. The summed E-state index contributed by atoms with van der Waals surface area (Å²) in [6.07, 6.45) is 4.54. The zero-order valence-electron chi connectivity index (χ0n) is 14.3. The molecule has 0 radical (unpaired) electrons. The van der Waals surface area contributed by atoms with Crippen LogP contribution in [0.4, 0.5) is 0 Å². The number of nitrogens with two attached hydrogens (primary N) is 2. The molecular formula is C17H38N2O3. The van der Waals surface area contributed by atoms with E-state index in [9.17, 15) is 9.59 Å². The number of ketones is 1. The van der Waals surface area contributed by atoms with Crippen LogP contribution in [0.25, 0.3) is 0 Å². The zero-order chi connectivity index (χ0) is 17.0. The normalized spacial score (nSPS) is 13.0. The molecule has 0 saturated heterocycles. The van der Waals surface area contributed by atoms with E-state index in [0.717, 1.165) is 19.3 Å². The van der Waals surface area contributed by atoms with Crippen LogP contribution in [0.1, 0.15) is 74.1 Å². The van der Waals surface area contributed by atoms with Crippen molar-refractivity contribution in [3.05, 3.63) is 0 Å². The lowest BCUT2D eigenvalue weighted by molar-refractivity contribution is -0.138. The Hall–Kier alpha value is -0.940. The Labute approximate surface area is 136 Å². The first kappa shape index (κ1) is 26.0. The maximum Gasteiger partial charge on any atom is 0.320 e. The van der Waals surface area contributed by atoms with E-state index in [2.05, 4.69) is 27.7 Å². The Balaban J connectivity index is -0.000000315. The molecule has 2 atom stereocenters. The van der Waals surface area contributed by atoms with E-state index >= 15 is 0 Å². The van der Waals surface area contributed by atoms with Gasteiger partial charge in [-0.15, -0.1) is 0 Å². The third-order valence-corrected chi connectivity index (χ3v) is 3.19. The molecule has 0 aromatic rings. The molecule has 0 aromatic carbocycles. The standard InChI is InChI=1S/C9H19NO.C7H15NO2.CH4/c1-7(2)5-4-6-9(10)8(3)11;1-5(2)3-4-6(8)7(9)10;/h7,9H,4-6,10H2,1-3H3;5-6H,3-4,8H2,1-2H3,(H,9,10);1H4/t9-;6-;/m00./s1. The van der Waals surface area contributed by atoms with E-state index in [-0.39, 0.29) is 19.3 Å². The van der Waals surface area contributed by atoms with E-state index in [1.165, 1.54) is 6.42 Å². The van der Waals surface area contributed by atoms with Crippen molar-refractivity contribution in [3.63, 3.8) is 0 Å². The molecule has 0 aliphatic rings. The number of aliphatic carboxylic acids is 1. The number of rotatable bonds is 9. The average molecular weight is 319 g/mol. The van der Waals surface area contributed by atoms with Gasteiger partial charge in [0.1, 0.15) is 11.8 Å². The summed E-state index contributed by atoms with van der Waals surface area (Å²) in [5, 5.41) is 8.37. The van der Waals surface area contributed by atoms with Gasteiger partial charge in [-0.2, -0.15) is 0 Å². The van der Waals surface area contributed by atoms with Gasteiger partial charge in [0.05, 0.1) is 6.04 Å². The molecule has 0 aliphatic carbocycles. The van der Waals surface area contributed by atoms with Crippen molar-refractivity contribution in [1.29, 1.82) is 0 Å². The second kappa shape index (κ2) is 15.0. The Bertz CT molecular complexity index is 292. The SMILES string of the molecule is C.CC(=O)[C@@H](N)CCCC(C)C.CC(C)CC[C@H](N)C(=O)O. The van der Waals surface area contributed by atoms with Crippen LogP contribution in [0.15, 0.2) is 0 Å². The molecule has 0 spiro atoms. The lowest BCUT2D eigenvalue weighted by Gasteiger charge is -2.08. The molecule has 22 heavy (non-hydrogen) atoms. The van der Waals surface area contributed by atoms with Crippen LogP contribution in [-0.4, -0.2) is 28.9 Å². The molecule has 5 nitrogen and oxygen atoms in total. The Morgan fingerprint density at radius 1 is 0.864 bits per heavy atom. The molecule has 0 aliphatic heterocycles. The summed E-state index contributed by atoms with van der Waals surface area (Å²) in [4.78, 5) is 20.9. The predicted molar refractivity (Wildman–Crippen MR) is 93.8 cm³/mol. The van der Waals surface area contributed by atoms with E-state index in [0.29, 0.717) is 18.3 Å². The first-order valence-corrected chi connectivity index (χ1v) is 7.82. The molecule has 5 heteroatoms. The minimum atomic E-state index is -0.902.